The highest BCUT2D eigenvalue weighted by Gasteiger charge is 2.51. The third-order valence-electron chi connectivity index (χ3n) is 3.82. The van der Waals surface area contributed by atoms with Gasteiger partial charge in [0, 0.05) is 24.8 Å². The minimum atomic E-state index is -0.933. The fourth-order valence-corrected chi connectivity index (χ4v) is 2.86. The molecule has 1 atom stereocenters. The van der Waals surface area contributed by atoms with E-state index in [9.17, 15) is 9.59 Å². The van der Waals surface area contributed by atoms with Gasteiger partial charge in [-0.15, -0.1) is 0 Å². The van der Waals surface area contributed by atoms with Crippen LogP contribution in [-0.4, -0.2) is 30.4 Å². The van der Waals surface area contributed by atoms with Gasteiger partial charge in [0.2, 0.25) is 0 Å². The highest BCUT2D eigenvalue weighted by molar-refractivity contribution is 6.12. The zero-order valence-corrected chi connectivity index (χ0v) is 10.3. The molecule has 18 heavy (non-hydrogen) atoms. The van der Waals surface area contributed by atoms with Crippen molar-refractivity contribution in [3.8, 4) is 0 Å². The monoisotopic (exact) mass is 245 g/mol. The number of hydrogen-bond donors (Lipinski definition) is 0. The van der Waals surface area contributed by atoms with E-state index in [4.69, 9.17) is 4.74 Å². The summed E-state index contributed by atoms with van der Waals surface area (Å²) < 4.78 is 5.82. The van der Waals surface area contributed by atoms with E-state index >= 15 is 0 Å². The van der Waals surface area contributed by atoms with Gasteiger partial charge in [-0.2, -0.15) is 0 Å². The van der Waals surface area contributed by atoms with Crippen molar-refractivity contribution in [2.75, 3.05) is 13.7 Å². The molecule has 0 radical (unpaired) electrons. The summed E-state index contributed by atoms with van der Waals surface area (Å²) in [4.78, 5) is 25.7. The lowest BCUT2D eigenvalue weighted by Gasteiger charge is -2.42. The van der Waals surface area contributed by atoms with Crippen molar-refractivity contribution in [3.63, 3.8) is 0 Å². The first-order valence-corrected chi connectivity index (χ1v) is 6.23. The van der Waals surface area contributed by atoms with Crippen molar-refractivity contribution < 1.29 is 14.3 Å². The molecule has 94 valence electrons. The molecule has 1 aromatic rings. The maximum atomic E-state index is 12.5. The fourth-order valence-electron chi connectivity index (χ4n) is 2.86. The lowest BCUT2D eigenvalue weighted by atomic mass is 9.79. The van der Waals surface area contributed by atoms with Crippen LogP contribution in [0.2, 0.25) is 0 Å². The van der Waals surface area contributed by atoms with E-state index < -0.39 is 5.60 Å². The van der Waals surface area contributed by atoms with Gasteiger partial charge in [-0.3, -0.25) is 14.5 Å². The number of rotatable bonds is 0. The van der Waals surface area contributed by atoms with Crippen LogP contribution in [0.15, 0.2) is 24.3 Å². The summed E-state index contributed by atoms with van der Waals surface area (Å²) in [6, 6.07) is 7.27. The van der Waals surface area contributed by atoms with Crippen molar-refractivity contribution in [2.24, 2.45) is 0 Å². The number of hydrogen-bond acceptors (Lipinski definition) is 3. The second-order valence-electron chi connectivity index (χ2n) is 4.85. The first-order valence-electron chi connectivity index (χ1n) is 6.23. The predicted octanol–water partition coefficient (Wildman–Crippen LogP) is 1.69. The van der Waals surface area contributed by atoms with E-state index in [-0.39, 0.29) is 11.8 Å². The smallest absolute Gasteiger partial charge is 0.266 e. The maximum Gasteiger partial charge on any atom is 0.266 e. The number of nitrogens with zero attached hydrogens (tertiary/aromatic N) is 1. The van der Waals surface area contributed by atoms with Crippen LogP contribution < -0.4 is 0 Å². The van der Waals surface area contributed by atoms with E-state index in [2.05, 4.69) is 0 Å². The molecular weight excluding hydrogens is 230 g/mol. The summed E-state index contributed by atoms with van der Waals surface area (Å²) in [5, 5.41) is 0. The predicted molar refractivity (Wildman–Crippen MR) is 65.0 cm³/mol. The zero-order chi connectivity index (χ0) is 12.8. The van der Waals surface area contributed by atoms with E-state index in [0.717, 1.165) is 18.4 Å². The lowest BCUT2D eigenvalue weighted by molar-refractivity contribution is -0.164. The van der Waals surface area contributed by atoms with Crippen molar-refractivity contribution in [1.82, 2.24) is 4.90 Å². The van der Waals surface area contributed by atoms with Gasteiger partial charge in [0.1, 0.15) is 0 Å². The Labute approximate surface area is 106 Å². The molecule has 1 unspecified atom stereocenters. The van der Waals surface area contributed by atoms with Crippen LogP contribution in [0.25, 0.3) is 0 Å². The van der Waals surface area contributed by atoms with E-state index in [0.29, 0.717) is 18.6 Å². The Kier molecular flexibility index (Phi) is 2.48. The average molecular weight is 245 g/mol. The van der Waals surface area contributed by atoms with Crippen LogP contribution in [0, 0.1) is 0 Å². The standard InChI is InChI=1S/C14H15NO3/c1-15-12(16)10-6-2-3-7-11(10)14(13(15)17)8-4-5-9-18-14/h2-3,6-7H,4-5,8-9H2,1H3. The second-order valence-corrected chi connectivity index (χ2v) is 4.85. The summed E-state index contributed by atoms with van der Waals surface area (Å²) in [5.74, 6) is -0.471. The molecule has 0 N–H and O–H groups in total. The van der Waals surface area contributed by atoms with Gasteiger partial charge in [-0.1, -0.05) is 18.2 Å². The number of fused-ring (bicyclic) bond motifs is 2. The van der Waals surface area contributed by atoms with Gasteiger partial charge in [0.05, 0.1) is 0 Å². The molecule has 0 aromatic heterocycles. The van der Waals surface area contributed by atoms with Crippen molar-refractivity contribution in [3.05, 3.63) is 35.4 Å². The van der Waals surface area contributed by atoms with Crippen LogP contribution in [0.1, 0.15) is 35.2 Å². The Morgan fingerprint density at radius 3 is 2.72 bits per heavy atom. The van der Waals surface area contributed by atoms with Crippen molar-refractivity contribution >= 4 is 11.8 Å². The summed E-state index contributed by atoms with van der Waals surface area (Å²) in [5.41, 5.74) is 0.386. The quantitative estimate of drug-likeness (QED) is 0.653. The maximum absolute atomic E-state index is 12.5. The van der Waals surface area contributed by atoms with Gasteiger partial charge in [0.15, 0.2) is 5.60 Å². The third kappa shape index (κ3) is 1.35. The molecule has 4 nitrogen and oxygen atoms in total. The number of likely N-dealkylation sites (N-methyl/N-ethyl adjacent to an activating group) is 1. The molecule has 1 fully saturated rings. The molecule has 4 heteroatoms. The second kappa shape index (κ2) is 3.92. The number of benzene rings is 1. The number of amides is 2. The fraction of sp³-hybridized carbons (Fsp3) is 0.429. The van der Waals surface area contributed by atoms with Crippen LogP contribution in [0.4, 0.5) is 0 Å². The lowest BCUT2D eigenvalue weighted by Crippen LogP contribution is -2.55. The summed E-state index contributed by atoms with van der Waals surface area (Å²) in [6.45, 7) is 0.572. The Balaban J connectivity index is 2.21. The van der Waals surface area contributed by atoms with Gasteiger partial charge in [0.25, 0.3) is 11.8 Å². The Hall–Kier alpha value is -1.68. The minimum Gasteiger partial charge on any atom is -0.360 e. The van der Waals surface area contributed by atoms with Crippen LogP contribution in [0.3, 0.4) is 0 Å². The van der Waals surface area contributed by atoms with E-state index in [1.54, 1.807) is 6.07 Å². The largest absolute Gasteiger partial charge is 0.360 e. The normalized spacial score (nSPS) is 27.5. The van der Waals surface area contributed by atoms with Crippen LogP contribution in [0.5, 0.6) is 0 Å². The molecule has 1 spiro atoms. The zero-order valence-electron chi connectivity index (χ0n) is 10.3. The van der Waals surface area contributed by atoms with Crippen molar-refractivity contribution in [2.45, 2.75) is 24.9 Å². The van der Waals surface area contributed by atoms with Crippen LogP contribution >= 0.6 is 0 Å². The summed E-state index contributed by atoms with van der Waals surface area (Å²) in [6.07, 6.45) is 2.57. The SMILES string of the molecule is CN1C(=O)c2ccccc2C2(CCCCO2)C1=O. The van der Waals surface area contributed by atoms with Gasteiger partial charge >= 0.3 is 0 Å². The molecule has 2 aliphatic heterocycles. The molecular formula is C14H15NO3. The molecule has 3 rings (SSSR count). The summed E-state index contributed by atoms with van der Waals surface area (Å²) >= 11 is 0. The molecule has 0 aliphatic carbocycles. The summed E-state index contributed by atoms with van der Waals surface area (Å²) in [7, 11) is 1.53. The van der Waals surface area contributed by atoms with Gasteiger partial charge in [-0.05, 0) is 25.3 Å². The first kappa shape index (κ1) is 11.4. The van der Waals surface area contributed by atoms with Crippen molar-refractivity contribution in [1.29, 1.82) is 0 Å². The topological polar surface area (TPSA) is 46.6 Å². The Bertz CT molecular complexity index is 518. The highest BCUT2D eigenvalue weighted by atomic mass is 16.5. The third-order valence-corrected chi connectivity index (χ3v) is 3.82. The Morgan fingerprint density at radius 1 is 1.22 bits per heavy atom. The minimum absolute atomic E-state index is 0.231. The van der Waals surface area contributed by atoms with Gasteiger partial charge < -0.3 is 4.74 Å². The average Bonchev–Trinajstić information content (AvgIpc) is 2.44. The Morgan fingerprint density at radius 2 is 2.00 bits per heavy atom. The number of carbonyl (C=O) groups is 2. The molecule has 0 bridgehead atoms. The number of imide groups is 1. The first-order chi connectivity index (χ1) is 8.67. The molecule has 1 aromatic carbocycles. The molecule has 1 saturated heterocycles. The molecule has 0 saturated carbocycles. The number of ether oxygens (including phenoxy) is 1. The van der Waals surface area contributed by atoms with Crippen LogP contribution in [-0.2, 0) is 15.1 Å². The molecule has 2 heterocycles. The molecule has 2 amide bonds. The van der Waals surface area contributed by atoms with Gasteiger partial charge in [-0.25, -0.2) is 0 Å². The molecule has 2 aliphatic rings. The highest BCUT2D eigenvalue weighted by Crippen LogP contribution is 2.41. The van der Waals surface area contributed by atoms with E-state index in [1.165, 1.54) is 11.9 Å². The number of carbonyl (C=O) groups excluding carboxylic acids is 2. The van der Waals surface area contributed by atoms with E-state index in [1.807, 2.05) is 18.2 Å².